The van der Waals surface area contributed by atoms with Gasteiger partial charge in [0.25, 0.3) is 0 Å². The lowest BCUT2D eigenvalue weighted by Gasteiger charge is -2.43. The maximum Gasteiger partial charge on any atom is 0.244 e. The number of amides is 1. The summed E-state index contributed by atoms with van der Waals surface area (Å²) in [5.74, 6) is 0.0842. The molecule has 1 aliphatic rings. The maximum atomic E-state index is 12.6. The molecule has 0 saturated carbocycles. The van der Waals surface area contributed by atoms with Gasteiger partial charge in [-0.25, -0.2) is 0 Å². The fraction of sp³-hybridized carbons (Fsp3) is 0.533. The van der Waals surface area contributed by atoms with Crippen LogP contribution in [0.25, 0.3) is 0 Å². The van der Waals surface area contributed by atoms with Gasteiger partial charge in [0.1, 0.15) is 0 Å². The van der Waals surface area contributed by atoms with Crippen molar-refractivity contribution in [1.82, 2.24) is 4.90 Å². The molecule has 1 saturated heterocycles. The molecule has 1 fully saturated rings. The summed E-state index contributed by atoms with van der Waals surface area (Å²) in [7, 11) is 1.95. The van der Waals surface area contributed by atoms with E-state index in [4.69, 9.17) is 5.11 Å². The Bertz CT molecular complexity index is 461. The Balaban J connectivity index is 2.30. The number of aliphatic hydroxyl groups excluding tert-OH is 1. The number of carbonyl (C=O) groups is 1. The molecule has 0 aromatic heterocycles. The average molecular weight is 262 g/mol. The van der Waals surface area contributed by atoms with Gasteiger partial charge < -0.3 is 10.0 Å². The van der Waals surface area contributed by atoms with Crippen molar-refractivity contribution in [3.63, 3.8) is 0 Å². The topological polar surface area (TPSA) is 43.8 Å². The fourth-order valence-corrected chi connectivity index (χ4v) is 2.82. The number of hydrogen-bond acceptors (Lipinski definition) is 3. The molecule has 2 rings (SSSR count). The summed E-state index contributed by atoms with van der Waals surface area (Å²) in [6.45, 7) is 4.95. The third-order valence-corrected chi connectivity index (χ3v) is 3.73. The summed E-state index contributed by atoms with van der Waals surface area (Å²) in [4.78, 5) is 16.5. The highest BCUT2D eigenvalue weighted by Crippen LogP contribution is 2.25. The number of rotatable bonds is 3. The van der Waals surface area contributed by atoms with E-state index >= 15 is 0 Å². The molecule has 4 heteroatoms. The summed E-state index contributed by atoms with van der Waals surface area (Å²) in [5.41, 5.74) is 2.10. The predicted octanol–water partition coefficient (Wildman–Crippen LogP) is 1.41. The van der Waals surface area contributed by atoms with Crippen molar-refractivity contribution in [1.29, 1.82) is 0 Å². The number of piperazine rings is 1. The Morgan fingerprint density at radius 1 is 1.42 bits per heavy atom. The number of anilines is 1. The Kier molecular flexibility index (Phi) is 4.22. The number of hydrogen-bond donors (Lipinski definition) is 1. The van der Waals surface area contributed by atoms with Crippen LogP contribution in [0, 0.1) is 6.92 Å². The molecule has 19 heavy (non-hydrogen) atoms. The Labute approximate surface area is 114 Å². The molecule has 0 spiro atoms. The van der Waals surface area contributed by atoms with Crippen LogP contribution in [0.15, 0.2) is 24.3 Å². The number of likely N-dealkylation sites (N-methyl/N-ethyl adjacent to an activating group) is 1. The highest BCUT2D eigenvalue weighted by Gasteiger charge is 2.37. The van der Waals surface area contributed by atoms with E-state index in [1.165, 1.54) is 0 Å². The minimum atomic E-state index is -0.221. The van der Waals surface area contributed by atoms with Crippen molar-refractivity contribution >= 4 is 11.6 Å². The summed E-state index contributed by atoms with van der Waals surface area (Å²) < 4.78 is 0. The molecule has 0 bridgehead atoms. The van der Waals surface area contributed by atoms with Crippen LogP contribution in [0.4, 0.5) is 5.69 Å². The molecule has 1 aromatic carbocycles. The van der Waals surface area contributed by atoms with Crippen LogP contribution in [-0.2, 0) is 4.79 Å². The van der Waals surface area contributed by atoms with Gasteiger partial charge in [0.2, 0.25) is 5.91 Å². The number of aryl methyl sites for hydroxylation is 1. The minimum Gasteiger partial charge on any atom is -0.396 e. The first-order chi connectivity index (χ1) is 9.04. The summed E-state index contributed by atoms with van der Waals surface area (Å²) in [6.07, 6.45) is 0.490. The lowest BCUT2D eigenvalue weighted by atomic mass is 10.0. The first kappa shape index (κ1) is 14.0. The number of benzene rings is 1. The number of nitrogens with zero attached hydrogens (tertiary/aromatic N) is 2. The highest BCUT2D eigenvalue weighted by molar-refractivity contribution is 5.98. The van der Waals surface area contributed by atoms with Crippen molar-refractivity contribution in [3.8, 4) is 0 Å². The molecule has 1 aliphatic heterocycles. The summed E-state index contributed by atoms with van der Waals surface area (Å²) in [5, 5.41) is 9.12. The van der Waals surface area contributed by atoms with Gasteiger partial charge in [-0.15, -0.1) is 0 Å². The van der Waals surface area contributed by atoms with Gasteiger partial charge in [0, 0.05) is 24.9 Å². The third kappa shape index (κ3) is 2.80. The zero-order valence-corrected chi connectivity index (χ0v) is 11.8. The molecular weight excluding hydrogens is 240 g/mol. The van der Waals surface area contributed by atoms with Gasteiger partial charge in [-0.3, -0.25) is 9.69 Å². The van der Waals surface area contributed by atoms with Gasteiger partial charge in [0.15, 0.2) is 0 Å². The largest absolute Gasteiger partial charge is 0.396 e. The smallest absolute Gasteiger partial charge is 0.244 e. The Morgan fingerprint density at radius 2 is 2.16 bits per heavy atom. The second-order valence-corrected chi connectivity index (χ2v) is 5.36. The van der Waals surface area contributed by atoms with Crippen molar-refractivity contribution in [3.05, 3.63) is 29.8 Å². The van der Waals surface area contributed by atoms with E-state index in [9.17, 15) is 4.79 Å². The quantitative estimate of drug-likeness (QED) is 0.896. The lowest BCUT2D eigenvalue weighted by molar-refractivity contribution is -0.126. The van der Waals surface area contributed by atoms with Crippen LogP contribution in [0.5, 0.6) is 0 Å². The zero-order chi connectivity index (χ0) is 14.0. The molecule has 4 nitrogen and oxygen atoms in total. The van der Waals surface area contributed by atoms with E-state index in [1.54, 1.807) is 0 Å². The first-order valence-electron chi connectivity index (χ1n) is 6.75. The Morgan fingerprint density at radius 3 is 2.79 bits per heavy atom. The number of aliphatic hydroxyl groups is 1. The average Bonchev–Trinajstić information content (AvgIpc) is 2.34. The predicted molar refractivity (Wildman–Crippen MR) is 76.2 cm³/mol. The SMILES string of the molecule is Cc1cccc(N2C(=O)C(CCO)N(C)CC2C)c1. The molecule has 2 atom stereocenters. The monoisotopic (exact) mass is 262 g/mol. The van der Waals surface area contributed by atoms with E-state index in [2.05, 4.69) is 6.92 Å². The van der Waals surface area contributed by atoms with Crippen LogP contribution >= 0.6 is 0 Å². The van der Waals surface area contributed by atoms with Crippen molar-refractivity contribution < 1.29 is 9.90 Å². The first-order valence-corrected chi connectivity index (χ1v) is 6.75. The van der Waals surface area contributed by atoms with Crippen molar-refractivity contribution in [2.45, 2.75) is 32.4 Å². The molecule has 0 radical (unpaired) electrons. The van der Waals surface area contributed by atoms with E-state index in [0.29, 0.717) is 6.42 Å². The molecule has 1 heterocycles. The minimum absolute atomic E-state index is 0.0385. The molecule has 2 unspecified atom stereocenters. The molecule has 104 valence electrons. The van der Waals surface area contributed by atoms with E-state index in [-0.39, 0.29) is 24.6 Å². The van der Waals surface area contributed by atoms with Gasteiger partial charge in [-0.1, -0.05) is 12.1 Å². The highest BCUT2D eigenvalue weighted by atomic mass is 16.3. The van der Waals surface area contributed by atoms with Crippen LogP contribution in [0.3, 0.4) is 0 Å². The normalized spacial score (nSPS) is 24.8. The molecule has 0 aliphatic carbocycles. The lowest BCUT2D eigenvalue weighted by Crippen LogP contribution is -2.60. The zero-order valence-electron chi connectivity index (χ0n) is 11.8. The maximum absolute atomic E-state index is 12.6. The van der Waals surface area contributed by atoms with Crippen LogP contribution < -0.4 is 4.90 Å². The van der Waals surface area contributed by atoms with Gasteiger partial charge in [-0.05, 0) is 45.0 Å². The number of carbonyl (C=O) groups excluding carboxylic acids is 1. The molecule has 1 N–H and O–H groups in total. The second-order valence-electron chi connectivity index (χ2n) is 5.36. The van der Waals surface area contributed by atoms with E-state index in [1.807, 2.05) is 48.0 Å². The fourth-order valence-electron chi connectivity index (χ4n) is 2.82. The Hall–Kier alpha value is -1.39. The molecule has 1 aromatic rings. The van der Waals surface area contributed by atoms with Gasteiger partial charge >= 0.3 is 0 Å². The van der Waals surface area contributed by atoms with Crippen molar-refractivity contribution in [2.75, 3.05) is 25.1 Å². The van der Waals surface area contributed by atoms with E-state index < -0.39 is 0 Å². The van der Waals surface area contributed by atoms with Gasteiger partial charge in [0.05, 0.1) is 6.04 Å². The standard InChI is InChI=1S/C15H22N2O2/c1-11-5-4-6-13(9-11)17-12(2)10-16(3)14(7-8-18)15(17)19/h4-6,9,12,14,18H,7-8,10H2,1-3H3. The van der Waals surface area contributed by atoms with Crippen molar-refractivity contribution in [2.24, 2.45) is 0 Å². The summed E-state index contributed by atoms with van der Waals surface area (Å²) in [6, 6.07) is 7.94. The second kappa shape index (κ2) is 5.72. The van der Waals surface area contributed by atoms with Crippen LogP contribution in [0.2, 0.25) is 0 Å². The van der Waals surface area contributed by atoms with E-state index in [0.717, 1.165) is 17.8 Å². The van der Waals surface area contributed by atoms with Crippen LogP contribution in [-0.4, -0.2) is 48.2 Å². The summed E-state index contributed by atoms with van der Waals surface area (Å²) >= 11 is 0. The molecular formula is C15H22N2O2. The molecule has 1 amide bonds. The third-order valence-electron chi connectivity index (χ3n) is 3.73. The van der Waals surface area contributed by atoms with Gasteiger partial charge in [-0.2, -0.15) is 0 Å². The van der Waals surface area contributed by atoms with Crippen LogP contribution in [0.1, 0.15) is 18.9 Å².